The van der Waals surface area contributed by atoms with Gasteiger partial charge in [-0.2, -0.15) is 0 Å². The molecule has 1 aliphatic rings. The first-order valence-corrected chi connectivity index (χ1v) is 6.80. The van der Waals surface area contributed by atoms with Crippen molar-refractivity contribution in [2.75, 3.05) is 26.4 Å². The van der Waals surface area contributed by atoms with Gasteiger partial charge in [0.2, 0.25) is 0 Å². The van der Waals surface area contributed by atoms with Gasteiger partial charge in [0.1, 0.15) is 6.61 Å². The molecule has 8 heteroatoms. The van der Waals surface area contributed by atoms with Gasteiger partial charge >= 0.3 is 17.9 Å². The summed E-state index contributed by atoms with van der Waals surface area (Å²) >= 11 is 0. The van der Waals surface area contributed by atoms with Crippen LogP contribution < -0.4 is 0 Å². The van der Waals surface area contributed by atoms with E-state index in [0.717, 1.165) is 0 Å². The summed E-state index contributed by atoms with van der Waals surface area (Å²) in [5.41, 5.74) is 0. The summed E-state index contributed by atoms with van der Waals surface area (Å²) in [5.74, 6) is -6.48. The first-order chi connectivity index (χ1) is 9.99. The van der Waals surface area contributed by atoms with Crippen molar-refractivity contribution in [1.82, 2.24) is 0 Å². The standard InChI is InChI=1S/C13H20O8/c14-4-5-20-6-7-21-13(19)9-3-1-2-8(11(15)16)10(9)12(17)18/h8-10,14H,1-7H2,(H,15,16)(H,17,18). The molecule has 21 heavy (non-hydrogen) atoms. The smallest absolute Gasteiger partial charge is 0.309 e. The second-order valence-electron chi connectivity index (χ2n) is 4.85. The number of aliphatic carboxylic acids is 2. The van der Waals surface area contributed by atoms with Crippen molar-refractivity contribution in [2.24, 2.45) is 17.8 Å². The van der Waals surface area contributed by atoms with Gasteiger partial charge in [-0.05, 0) is 12.8 Å². The van der Waals surface area contributed by atoms with Crippen molar-refractivity contribution in [1.29, 1.82) is 0 Å². The molecule has 1 rings (SSSR count). The minimum absolute atomic E-state index is 0.0561. The third-order valence-corrected chi connectivity index (χ3v) is 3.51. The van der Waals surface area contributed by atoms with Gasteiger partial charge in [-0.1, -0.05) is 6.42 Å². The molecule has 1 fully saturated rings. The Kier molecular flexibility index (Phi) is 7.10. The minimum Gasteiger partial charge on any atom is -0.481 e. The Morgan fingerprint density at radius 3 is 2.19 bits per heavy atom. The van der Waals surface area contributed by atoms with E-state index in [-0.39, 0.29) is 32.8 Å². The van der Waals surface area contributed by atoms with Crippen LogP contribution in [-0.2, 0) is 23.9 Å². The summed E-state index contributed by atoms with van der Waals surface area (Å²) in [5, 5.41) is 26.8. The number of hydrogen-bond acceptors (Lipinski definition) is 6. The van der Waals surface area contributed by atoms with Gasteiger partial charge in [-0.15, -0.1) is 0 Å². The second-order valence-corrected chi connectivity index (χ2v) is 4.85. The maximum atomic E-state index is 11.9. The zero-order chi connectivity index (χ0) is 15.8. The number of rotatable bonds is 8. The number of hydrogen-bond donors (Lipinski definition) is 3. The average molecular weight is 304 g/mol. The molecule has 3 N–H and O–H groups in total. The van der Waals surface area contributed by atoms with E-state index in [2.05, 4.69) is 0 Å². The Balaban J connectivity index is 2.59. The van der Waals surface area contributed by atoms with Crippen LogP contribution in [0.1, 0.15) is 19.3 Å². The lowest BCUT2D eigenvalue weighted by Crippen LogP contribution is -2.42. The SMILES string of the molecule is O=C(O)C1CCCC(C(=O)OCCOCCO)C1C(=O)O. The van der Waals surface area contributed by atoms with Crippen molar-refractivity contribution in [2.45, 2.75) is 19.3 Å². The van der Waals surface area contributed by atoms with E-state index in [1.807, 2.05) is 0 Å². The number of carboxylic acids is 2. The molecule has 120 valence electrons. The van der Waals surface area contributed by atoms with Gasteiger partial charge in [0.25, 0.3) is 0 Å². The molecule has 0 amide bonds. The highest BCUT2D eigenvalue weighted by molar-refractivity contribution is 5.86. The van der Waals surface area contributed by atoms with Crippen LogP contribution in [-0.4, -0.2) is 59.7 Å². The van der Waals surface area contributed by atoms with Crippen LogP contribution in [0.4, 0.5) is 0 Å². The zero-order valence-corrected chi connectivity index (χ0v) is 11.6. The molecule has 1 saturated carbocycles. The lowest BCUT2D eigenvalue weighted by atomic mass is 9.72. The molecule has 0 aromatic rings. The topological polar surface area (TPSA) is 130 Å². The highest BCUT2D eigenvalue weighted by atomic mass is 16.6. The largest absolute Gasteiger partial charge is 0.481 e. The van der Waals surface area contributed by atoms with E-state index in [1.165, 1.54) is 0 Å². The third-order valence-electron chi connectivity index (χ3n) is 3.51. The average Bonchev–Trinajstić information content (AvgIpc) is 2.45. The van der Waals surface area contributed by atoms with Crippen LogP contribution in [0.15, 0.2) is 0 Å². The van der Waals surface area contributed by atoms with Crippen LogP contribution in [0, 0.1) is 17.8 Å². The van der Waals surface area contributed by atoms with Gasteiger partial charge in [-0.25, -0.2) is 0 Å². The quantitative estimate of drug-likeness (QED) is 0.413. The van der Waals surface area contributed by atoms with Gasteiger partial charge < -0.3 is 24.8 Å². The lowest BCUT2D eigenvalue weighted by molar-refractivity contribution is -0.168. The Bertz CT molecular complexity index is 380. The molecule has 0 aliphatic heterocycles. The number of aliphatic hydroxyl groups is 1. The Morgan fingerprint density at radius 2 is 1.62 bits per heavy atom. The van der Waals surface area contributed by atoms with Crippen molar-refractivity contribution in [3.8, 4) is 0 Å². The number of aliphatic hydroxyl groups excluding tert-OH is 1. The maximum Gasteiger partial charge on any atom is 0.309 e. The number of ether oxygens (including phenoxy) is 2. The Morgan fingerprint density at radius 1 is 0.952 bits per heavy atom. The monoisotopic (exact) mass is 304 g/mol. The van der Waals surface area contributed by atoms with Crippen LogP contribution in [0.25, 0.3) is 0 Å². The second kappa shape index (κ2) is 8.58. The Labute approximate surface area is 121 Å². The van der Waals surface area contributed by atoms with E-state index in [0.29, 0.717) is 12.8 Å². The van der Waals surface area contributed by atoms with E-state index in [4.69, 9.17) is 19.7 Å². The van der Waals surface area contributed by atoms with Crippen molar-refractivity contribution < 1.29 is 39.2 Å². The van der Waals surface area contributed by atoms with E-state index in [9.17, 15) is 19.5 Å². The molecule has 3 unspecified atom stereocenters. The molecule has 0 spiro atoms. The summed E-state index contributed by atoms with van der Waals surface area (Å²) in [4.78, 5) is 34.3. The third kappa shape index (κ3) is 4.98. The molecular weight excluding hydrogens is 284 g/mol. The van der Waals surface area contributed by atoms with Gasteiger partial charge in [-0.3, -0.25) is 14.4 Å². The van der Waals surface area contributed by atoms with E-state index >= 15 is 0 Å². The predicted octanol–water partition coefficient (Wildman–Crippen LogP) is -0.260. The number of carboxylic acid groups (broad SMARTS) is 2. The van der Waals surface area contributed by atoms with Crippen molar-refractivity contribution in [3.05, 3.63) is 0 Å². The summed E-state index contributed by atoms with van der Waals surface area (Å²) < 4.78 is 9.85. The van der Waals surface area contributed by atoms with Crippen molar-refractivity contribution in [3.63, 3.8) is 0 Å². The molecule has 0 radical (unpaired) electrons. The molecule has 8 nitrogen and oxygen atoms in total. The Hall–Kier alpha value is -1.67. The van der Waals surface area contributed by atoms with Crippen LogP contribution in [0.3, 0.4) is 0 Å². The van der Waals surface area contributed by atoms with E-state index in [1.54, 1.807) is 0 Å². The first-order valence-electron chi connectivity index (χ1n) is 6.80. The molecular formula is C13H20O8. The highest BCUT2D eigenvalue weighted by Gasteiger charge is 2.46. The zero-order valence-electron chi connectivity index (χ0n) is 11.6. The minimum atomic E-state index is -1.29. The van der Waals surface area contributed by atoms with Gasteiger partial charge in [0, 0.05) is 0 Å². The maximum absolute atomic E-state index is 11.9. The van der Waals surface area contributed by atoms with Crippen LogP contribution in [0.2, 0.25) is 0 Å². The summed E-state index contributed by atoms with van der Waals surface area (Å²) in [7, 11) is 0. The fourth-order valence-corrected chi connectivity index (χ4v) is 2.56. The van der Waals surface area contributed by atoms with Gasteiger partial charge in [0.05, 0.1) is 37.6 Å². The number of esters is 1. The molecule has 0 saturated heterocycles. The molecule has 1 aliphatic carbocycles. The lowest BCUT2D eigenvalue weighted by Gasteiger charge is -2.31. The molecule has 0 aromatic heterocycles. The van der Waals surface area contributed by atoms with Gasteiger partial charge in [0.15, 0.2) is 0 Å². The number of carbonyl (C=O) groups is 3. The summed E-state index contributed by atoms with van der Waals surface area (Å²) in [6, 6.07) is 0. The van der Waals surface area contributed by atoms with Crippen LogP contribution in [0.5, 0.6) is 0 Å². The molecule has 0 heterocycles. The summed E-state index contributed by atoms with van der Waals surface area (Å²) in [6.45, 7) is 0.0241. The molecule has 3 atom stereocenters. The normalized spacial score (nSPS) is 25.3. The number of carbonyl (C=O) groups excluding carboxylic acids is 1. The molecule has 0 bridgehead atoms. The highest BCUT2D eigenvalue weighted by Crippen LogP contribution is 2.36. The fourth-order valence-electron chi connectivity index (χ4n) is 2.56. The fraction of sp³-hybridized carbons (Fsp3) is 0.769. The predicted molar refractivity (Wildman–Crippen MR) is 68.5 cm³/mol. The van der Waals surface area contributed by atoms with E-state index < -0.39 is 35.7 Å². The van der Waals surface area contributed by atoms with Crippen LogP contribution >= 0.6 is 0 Å². The molecule has 0 aromatic carbocycles. The summed E-state index contributed by atoms with van der Waals surface area (Å²) in [6.07, 6.45) is 1.02. The first kappa shape index (κ1) is 17.4. The van der Waals surface area contributed by atoms with Crippen molar-refractivity contribution >= 4 is 17.9 Å².